The molecule has 0 spiro atoms. The molecule has 2 saturated heterocycles. The Morgan fingerprint density at radius 1 is 1.10 bits per heavy atom. The number of hydrogen-bond donors (Lipinski definition) is 2. The first-order valence-corrected chi connectivity index (χ1v) is 14.5. The van der Waals surface area contributed by atoms with Gasteiger partial charge in [0.25, 0.3) is 0 Å². The zero-order valence-electron chi connectivity index (χ0n) is 22.9. The van der Waals surface area contributed by atoms with E-state index in [2.05, 4.69) is 42.4 Å². The number of anilines is 1. The van der Waals surface area contributed by atoms with Crippen LogP contribution in [0.5, 0.6) is 0 Å². The third-order valence-corrected chi connectivity index (χ3v) is 8.49. The predicted octanol–water partition coefficient (Wildman–Crippen LogP) is 4.64. The van der Waals surface area contributed by atoms with Crippen molar-refractivity contribution in [3.05, 3.63) is 41.1 Å². The van der Waals surface area contributed by atoms with E-state index in [0.29, 0.717) is 39.9 Å². The predicted molar refractivity (Wildman–Crippen MR) is 149 cm³/mol. The molecule has 6 heterocycles. The van der Waals surface area contributed by atoms with Gasteiger partial charge in [-0.1, -0.05) is 31.4 Å². The normalized spacial score (nSPS) is 24.7. The van der Waals surface area contributed by atoms with E-state index in [1.54, 1.807) is 19.3 Å². The van der Waals surface area contributed by atoms with Crippen LogP contribution in [0, 0.1) is 18.8 Å². The smallest absolute Gasteiger partial charge is 0.423 e. The van der Waals surface area contributed by atoms with Gasteiger partial charge in [0, 0.05) is 38.0 Å². The average Bonchev–Trinajstić information content (AvgIpc) is 3.76. The van der Waals surface area contributed by atoms with E-state index < -0.39 is 12.3 Å². The molecule has 214 valence electrons. The van der Waals surface area contributed by atoms with Gasteiger partial charge in [0.1, 0.15) is 17.3 Å². The van der Waals surface area contributed by atoms with E-state index in [9.17, 15) is 4.79 Å². The van der Waals surface area contributed by atoms with Crippen LogP contribution in [0.15, 0.2) is 22.9 Å². The third kappa shape index (κ3) is 4.97. The van der Waals surface area contributed by atoms with Gasteiger partial charge < -0.3 is 18.7 Å². The number of amides is 1. The molecule has 13 nitrogen and oxygen atoms in total. The lowest BCUT2D eigenvalue weighted by Gasteiger charge is -2.29. The molecule has 2 unspecified atom stereocenters. The number of nitrogens with zero attached hydrogens (tertiary/aromatic N) is 8. The molecule has 14 heteroatoms. The fourth-order valence-electron chi connectivity index (χ4n) is 6.19. The SMILES string of the molecule is Cc1nnc(C2CCCN2c2nc3nc(C4NOC(=O)N4)nc(-c4cncc(Cl)c4)c3n2CC2CCC(C)CC2)o1. The molecule has 0 bridgehead atoms. The van der Waals surface area contributed by atoms with E-state index >= 15 is 0 Å². The lowest BCUT2D eigenvalue weighted by atomic mass is 9.83. The number of carbonyl (C=O) groups is 1. The first-order chi connectivity index (χ1) is 19.9. The van der Waals surface area contributed by atoms with Gasteiger partial charge in [0.15, 0.2) is 17.6 Å². The second kappa shape index (κ2) is 10.5. The fourth-order valence-corrected chi connectivity index (χ4v) is 6.36. The molecule has 41 heavy (non-hydrogen) atoms. The Kier molecular flexibility index (Phi) is 6.70. The van der Waals surface area contributed by atoms with Crippen LogP contribution in [0.25, 0.3) is 22.4 Å². The van der Waals surface area contributed by atoms with Crippen LogP contribution >= 0.6 is 11.6 Å². The van der Waals surface area contributed by atoms with Crippen molar-refractivity contribution >= 4 is 34.8 Å². The summed E-state index contributed by atoms with van der Waals surface area (Å²) in [4.78, 5) is 38.2. The number of aromatic nitrogens is 7. The quantitative estimate of drug-likeness (QED) is 0.329. The van der Waals surface area contributed by atoms with Crippen LogP contribution < -0.4 is 15.7 Å². The maximum atomic E-state index is 11.8. The van der Waals surface area contributed by atoms with Crippen molar-refractivity contribution in [3.8, 4) is 11.3 Å². The fraction of sp³-hybridized carbons (Fsp3) is 0.519. The van der Waals surface area contributed by atoms with Gasteiger partial charge in [-0.05, 0) is 43.6 Å². The number of pyridine rings is 1. The van der Waals surface area contributed by atoms with E-state index in [-0.39, 0.29) is 6.04 Å². The first kappa shape index (κ1) is 26.1. The van der Waals surface area contributed by atoms with Crippen LogP contribution in [-0.2, 0) is 11.4 Å². The number of halogens is 1. The summed E-state index contributed by atoms with van der Waals surface area (Å²) in [6, 6.07) is 1.74. The Morgan fingerprint density at radius 2 is 1.95 bits per heavy atom. The van der Waals surface area contributed by atoms with E-state index in [1.807, 2.05) is 6.07 Å². The van der Waals surface area contributed by atoms with Crippen molar-refractivity contribution < 1.29 is 14.0 Å². The molecule has 4 aromatic heterocycles. The molecule has 0 radical (unpaired) electrons. The van der Waals surface area contributed by atoms with Gasteiger partial charge in [-0.25, -0.2) is 14.8 Å². The summed E-state index contributed by atoms with van der Waals surface area (Å²) < 4.78 is 8.14. The highest BCUT2D eigenvalue weighted by Gasteiger charge is 2.36. The highest BCUT2D eigenvalue weighted by atomic mass is 35.5. The van der Waals surface area contributed by atoms with Gasteiger partial charge >= 0.3 is 6.09 Å². The summed E-state index contributed by atoms with van der Waals surface area (Å²) in [5.74, 6) is 3.47. The minimum absolute atomic E-state index is 0.0916. The van der Waals surface area contributed by atoms with Crippen molar-refractivity contribution in [2.75, 3.05) is 11.4 Å². The molecule has 1 amide bonds. The van der Waals surface area contributed by atoms with Crippen LogP contribution in [0.2, 0.25) is 5.02 Å². The van der Waals surface area contributed by atoms with Crippen LogP contribution in [0.3, 0.4) is 0 Å². The Morgan fingerprint density at radius 3 is 2.68 bits per heavy atom. The number of hydroxylamine groups is 1. The van der Waals surface area contributed by atoms with Crippen molar-refractivity contribution in [1.29, 1.82) is 0 Å². The zero-order valence-corrected chi connectivity index (χ0v) is 23.6. The minimum Gasteiger partial charge on any atom is -0.423 e. The summed E-state index contributed by atoms with van der Waals surface area (Å²) in [5, 5.41) is 11.6. The number of rotatable bonds is 6. The summed E-state index contributed by atoms with van der Waals surface area (Å²) in [5.41, 5.74) is 5.33. The zero-order chi connectivity index (χ0) is 28.1. The van der Waals surface area contributed by atoms with Crippen molar-refractivity contribution in [2.45, 2.75) is 71.1 Å². The van der Waals surface area contributed by atoms with E-state index in [1.165, 1.54) is 12.8 Å². The molecule has 4 aromatic rings. The number of carbonyl (C=O) groups excluding carboxylic acids is 1. The summed E-state index contributed by atoms with van der Waals surface area (Å²) in [6.45, 7) is 5.70. The number of hydrogen-bond acceptors (Lipinski definition) is 11. The molecular formula is C27H31ClN10O3. The highest BCUT2D eigenvalue weighted by Crippen LogP contribution is 2.40. The largest absolute Gasteiger partial charge is 0.427 e. The molecule has 1 saturated carbocycles. The molecule has 3 aliphatic rings. The molecule has 2 N–H and O–H groups in total. The van der Waals surface area contributed by atoms with Crippen LogP contribution in [0.4, 0.5) is 10.7 Å². The monoisotopic (exact) mass is 578 g/mol. The first-order valence-electron chi connectivity index (χ1n) is 14.1. The lowest BCUT2D eigenvalue weighted by Crippen LogP contribution is -2.28. The molecule has 7 rings (SSSR count). The second-order valence-corrected chi connectivity index (χ2v) is 11.7. The Hall–Kier alpha value is -3.84. The average molecular weight is 579 g/mol. The molecule has 2 aliphatic heterocycles. The lowest BCUT2D eigenvalue weighted by molar-refractivity contribution is 0.120. The van der Waals surface area contributed by atoms with Gasteiger partial charge in [-0.2, -0.15) is 4.98 Å². The van der Waals surface area contributed by atoms with Crippen molar-refractivity contribution in [1.82, 2.24) is 45.5 Å². The number of imidazole rings is 1. The Labute approximate surface area is 241 Å². The summed E-state index contributed by atoms with van der Waals surface area (Å²) in [7, 11) is 0. The summed E-state index contributed by atoms with van der Waals surface area (Å²) in [6.07, 6.45) is 8.54. The van der Waals surface area contributed by atoms with Crippen molar-refractivity contribution in [3.63, 3.8) is 0 Å². The molecule has 1 aliphatic carbocycles. The minimum atomic E-state index is -0.730. The summed E-state index contributed by atoms with van der Waals surface area (Å²) >= 11 is 6.39. The number of aryl methyl sites for hydroxylation is 1. The topological polar surface area (TPSA) is 149 Å². The van der Waals surface area contributed by atoms with E-state index in [4.69, 9.17) is 35.8 Å². The second-order valence-electron chi connectivity index (χ2n) is 11.2. The maximum absolute atomic E-state index is 11.8. The van der Waals surface area contributed by atoms with Crippen LogP contribution in [-0.4, -0.2) is 47.3 Å². The van der Waals surface area contributed by atoms with Crippen LogP contribution in [0.1, 0.15) is 75.3 Å². The van der Waals surface area contributed by atoms with E-state index in [0.717, 1.165) is 61.7 Å². The molecule has 2 atom stereocenters. The molecule has 0 aromatic carbocycles. The number of fused-ring (bicyclic) bond motifs is 1. The Bertz CT molecular complexity index is 1600. The maximum Gasteiger partial charge on any atom is 0.427 e. The highest BCUT2D eigenvalue weighted by molar-refractivity contribution is 6.30. The standard InChI is InChI=1S/C27H31ClN10O3/c1-14-5-7-16(8-6-14)13-38-21-20(17-10-18(28)12-29-11-17)30-23(24-33-27(39)41-36-24)31-22(21)32-26(38)37-9-3-4-19(37)25-35-34-15(2)40-25/h10-12,14,16,19,24,36H,3-9,13H2,1-2H3,(H,33,39). The van der Waals surface area contributed by atoms with Gasteiger partial charge in [0.2, 0.25) is 17.7 Å². The van der Waals surface area contributed by atoms with Gasteiger partial charge in [-0.15, -0.1) is 15.7 Å². The molecular weight excluding hydrogens is 548 g/mol. The van der Waals surface area contributed by atoms with Gasteiger partial charge in [0.05, 0.1) is 5.02 Å². The third-order valence-electron chi connectivity index (χ3n) is 8.28. The molecule has 3 fully saturated rings. The van der Waals surface area contributed by atoms with Gasteiger partial charge in [-0.3, -0.25) is 10.3 Å². The Balaban J connectivity index is 1.41. The number of nitrogens with one attached hydrogen (secondary N) is 2. The van der Waals surface area contributed by atoms with Crippen molar-refractivity contribution in [2.24, 2.45) is 11.8 Å².